The average molecular weight is 380 g/mol. The molecule has 0 aliphatic rings. The van der Waals surface area contributed by atoms with Crippen LogP contribution in [-0.4, -0.2) is 36.9 Å². The van der Waals surface area contributed by atoms with Gasteiger partial charge in [0.1, 0.15) is 24.3 Å². The molecule has 0 aliphatic heterocycles. The number of hydrogen-bond donors (Lipinski definition) is 3. The normalized spacial score (nSPS) is 12.7. The molecule has 0 amide bonds. The third-order valence-electron chi connectivity index (χ3n) is 3.56. The molecule has 0 bridgehead atoms. The Morgan fingerprint density at radius 2 is 1.88 bits per heavy atom. The molecule has 2 rings (SSSR count). The number of ether oxygens (including phenoxy) is 1. The van der Waals surface area contributed by atoms with Crippen molar-refractivity contribution in [1.82, 2.24) is 10.6 Å². The van der Waals surface area contributed by atoms with Gasteiger partial charge in [-0.3, -0.25) is 0 Å². The number of aryl methyl sites for hydroxylation is 1. The lowest BCUT2D eigenvalue weighted by Gasteiger charge is -2.16. The lowest BCUT2D eigenvalue weighted by Crippen LogP contribution is -2.42. The first-order valence-electron chi connectivity index (χ1n) is 8.77. The minimum Gasteiger partial charge on any atom is -0.491 e. The van der Waals surface area contributed by atoms with Gasteiger partial charge in [-0.15, -0.1) is 11.3 Å². The molecule has 5 nitrogen and oxygen atoms in total. The first-order valence-corrected chi connectivity index (χ1v) is 9.58. The van der Waals surface area contributed by atoms with E-state index in [-0.39, 0.29) is 12.4 Å². The van der Waals surface area contributed by atoms with Crippen LogP contribution >= 0.6 is 11.3 Å². The summed E-state index contributed by atoms with van der Waals surface area (Å²) in [7, 11) is 0. The molecule has 0 fully saturated rings. The minimum atomic E-state index is -0.711. The molecule has 1 aromatic carbocycles. The average Bonchev–Trinajstić information content (AvgIpc) is 3.11. The van der Waals surface area contributed by atoms with Gasteiger partial charge in [-0.05, 0) is 49.7 Å². The molecule has 26 heavy (non-hydrogen) atoms. The fourth-order valence-corrected chi connectivity index (χ4v) is 3.08. The molecule has 1 unspecified atom stereocenters. The molecule has 7 heteroatoms. The van der Waals surface area contributed by atoms with E-state index in [2.05, 4.69) is 34.7 Å². The van der Waals surface area contributed by atoms with E-state index in [1.54, 1.807) is 11.3 Å². The fraction of sp³-hybridized carbons (Fsp3) is 0.421. The summed E-state index contributed by atoms with van der Waals surface area (Å²) >= 11 is 1.77. The molecular weight excluding hydrogens is 353 g/mol. The van der Waals surface area contributed by atoms with Crippen molar-refractivity contribution in [3.05, 3.63) is 52.0 Å². The van der Waals surface area contributed by atoms with Gasteiger partial charge in [0.25, 0.3) is 0 Å². The maximum Gasteiger partial charge on any atom is 0.191 e. The van der Waals surface area contributed by atoms with Crippen LogP contribution < -0.4 is 15.4 Å². The van der Waals surface area contributed by atoms with Crippen molar-refractivity contribution < 1.29 is 14.2 Å². The number of nitrogens with one attached hydrogen (secondary N) is 2. The molecule has 3 N–H and O–H groups in total. The van der Waals surface area contributed by atoms with Crippen molar-refractivity contribution in [2.24, 2.45) is 4.99 Å². The molecule has 1 aromatic heterocycles. The zero-order valence-electron chi connectivity index (χ0n) is 15.2. The van der Waals surface area contributed by atoms with Crippen molar-refractivity contribution in [2.45, 2.75) is 32.9 Å². The van der Waals surface area contributed by atoms with Gasteiger partial charge in [0.05, 0.1) is 6.54 Å². The monoisotopic (exact) mass is 379 g/mol. The molecule has 0 spiro atoms. The van der Waals surface area contributed by atoms with Gasteiger partial charge in [-0.1, -0.05) is 6.92 Å². The highest BCUT2D eigenvalue weighted by molar-refractivity contribution is 7.11. The highest BCUT2D eigenvalue weighted by Crippen LogP contribution is 2.17. The number of rotatable bonds is 9. The Morgan fingerprint density at radius 3 is 2.54 bits per heavy atom. The van der Waals surface area contributed by atoms with Crippen LogP contribution in [0.5, 0.6) is 5.75 Å². The topological polar surface area (TPSA) is 65.9 Å². The molecule has 0 aliphatic carbocycles. The van der Waals surface area contributed by atoms with E-state index in [1.807, 2.05) is 6.92 Å². The van der Waals surface area contributed by atoms with E-state index in [4.69, 9.17) is 4.74 Å². The quantitative estimate of drug-likeness (QED) is 0.463. The van der Waals surface area contributed by atoms with Gasteiger partial charge >= 0.3 is 0 Å². The van der Waals surface area contributed by atoms with Crippen LogP contribution in [0.15, 0.2) is 41.4 Å². The second-order valence-corrected chi connectivity index (χ2v) is 6.97. The molecule has 142 valence electrons. The van der Waals surface area contributed by atoms with Gasteiger partial charge in [0.15, 0.2) is 5.96 Å². The summed E-state index contributed by atoms with van der Waals surface area (Å²) in [5.74, 6) is 0.859. The number of benzene rings is 1. The fourth-order valence-electron chi connectivity index (χ4n) is 2.19. The third kappa shape index (κ3) is 7.01. The molecule has 0 radical (unpaired) electrons. The predicted octanol–water partition coefficient (Wildman–Crippen LogP) is 2.94. The first-order chi connectivity index (χ1) is 12.6. The lowest BCUT2D eigenvalue weighted by molar-refractivity contribution is 0.110. The van der Waals surface area contributed by atoms with Crippen molar-refractivity contribution in [3.63, 3.8) is 0 Å². The van der Waals surface area contributed by atoms with E-state index < -0.39 is 6.10 Å². The van der Waals surface area contributed by atoms with E-state index >= 15 is 0 Å². The third-order valence-corrected chi connectivity index (χ3v) is 4.78. The van der Waals surface area contributed by atoms with Crippen LogP contribution in [0.4, 0.5) is 4.39 Å². The minimum absolute atomic E-state index is 0.114. The second-order valence-electron chi connectivity index (χ2n) is 5.72. The number of halogens is 1. The number of nitrogens with zero attached hydrogens (tertiary/aromatic N) is 1. The Kier molecular flexibility index (Phi) is 8.37. The maximum absolute atomic E-state index is 12.9. The largest absolute Gasteiger partial charge is 0.491 e. The zero-order valence-corrected chi connectivity index (χ0v) is 16.0. The second kappa shape index (κ2) is 10.8. The molecular formula is C19H26FN3O2S. The van der Waals surface area contributed by atoms with Crippen molar-refractivity contribution in [3.8, 4) is 5.75 Å². The number of aliphatic imine (C=N–C) groups is 1. The van der Waals surface area contributed by atoms with E-state index in [9.17, 15) is 9.50 Å². The van der Waals surface area contributed by atoms with Crippen LogP contribution in [0.25, 0.3) is 0 Å². The summed E-state index contributed by atoms with van der Waals surface area (Å²) in [6.07, 6.45) is 0.324. The van der Waals surface area contributed by atoms with Gasteiger partial charge in [0, 0.05) is 22.8 Å². The Bertz CT molecular complexity index is 688. The van der Waals surface area contributed by atoms with Crippen LogP contribution in [0.1, 0.15) is 23.6 Å². The standard InChI is InChI=1S/C19H26FN3O2S/c1-3-17-9-10-18(26-17)12-23-19(21-4-2)22-11-15(24)13-25-16-7-5-14(20)6-8-16/h5-10,15,24H,3-4,11-13H2,1-2H3,(H2,21,22,23). The van der Waals surface area contributed by atoms with E-state index in [0.29, 0.717) is 24.8 Å². The molecule has 0 saturated heterocycles. The van der Waals surface area contributed by atoms with Gasteiger partial charge in [-0.2, -0.15) is 0 Å². The summed E-state index contributed by atoms with van der Waals surface area (Å²) in [6, 6.07) is 9.95. The smallest absolute Gasteiger partial charge is 0.191 e. The predicted molar refractivity (Wildman–Crippen MR) is 104 cm³/mol. The Morgan fingerprint density at radius 1 is 1.15 bits per heavy atom. The SMILES string of the molecule is CCNC(=NCc1ccc(CC)s1)NCC(O)COc1ccc(F)cc1. The summed E-state index contributed by atoms with van der Waals surface area (Å²) in [4.78, 5) is 7.10. The summed E-state index contributed by atoms with van der Waals surface area (Å²) in [5, 5.41) is 16.3. The molecule has 2 aromatic rings. The number of aliphatic hydroxyl groups is 1. The van der Waals surface area contributed by atoms with E-state index in [1.165, 1.54) is 34.0 Å². The van der Waals surface area contributed by atoms with Crippen molar-refractivity contribution in [1.29, 1.82) is 0 Å². The number of thiophene rings is 1. The van der Waals surface area contributed by atoms with Crippen LogP contribution in [-0.2, 0) is 13.0 Å². The Labute approximate surface area is 157 Å². The summed E-state index contributed by atoms with van der Waals surface area (Å²) < 4.78 is 18.3. The first kappa shape index (κ1) is 20.2. The highest BCUT2D eigenvalue weighted by atomic mass is 32.1. The lowest BCUT2D eigenvalue weighted by atomic mass is 10.3. The Hall–Kier alpha value is -2.12. The molecule has 1 heterocycles. The number of hydrogen-bond acceptors (Lipinski definition) is 4. The summed E-state index contributed by atoms with van der Waals surface area (Å²) in [6.45, 7) is 5.88. The maximum atomic E-state index is 12.9. The number of guanidine groups is 1. The zero-order chi connectivity index (χ0) is 18.8. The van der Waals surface area contributed by atoms with Gasteiger partial charge in [0.2, 0.25) is 0 Å². The highest BCUT2D eigenvalue weighted by Gasteiger charge is 2.07. The van der Waals surface area contributed by atoms with Gasteiger partial charge < -0.3 is 20.5 Å². The van der Waals surface area contributed by atoms with Crippen molar-refractivity contribution in [2.75, 3.05) is 19.7 Å². The van der Waals surface area contributed by atoms with Crippen LogP contribution in [0.2, 0.25) is 0 Å². The van der Waals surface area contributed by atoms with E-state index in [0.717, 1.165) is 13.0 Å². The van der Waals surface area contributed by atoms with Crippen LogP contribution in [0, 0.1) is 5.82 Å². The molecule has 1 atom stereocenters. The van der Waals surface area contributed by atoms with Crippen LogP contribution in [0.3, 0.4) is 0 Å². The Balaban J connectivity index is 1.78. The van der Waals surface area contributed by atoms with Crippen molar-refractivity contribution >= 4 is 17.3 Å². The molecule has 0 saturated carbocycles. The number of aliphatic hydroxyl groups excluding tert-OH is 1. The summed E-state index contributed by atoms with van der Waals surface area (Å²) in [5.41, 5.74) is 0. The van der Waals surface area contributed by atoms with Gasteiger partial charge in [-0.25, -0.2) is 9.38 Å².